The Kier molecular flexibility index (Phi) is 6.12. The average molecular weight is 394 g/mol. The number of imidazole rings is 2. The van der Waals surface area contributed by atoms with Crippen LogP contribution in [0.4, 0.5) is 0 Å². The lowest BCUT2D eigenvalue weighted by Gasteiger charge is -2.09. The van der Waals surface area contributed by atoms with Gasteiger partial charge in [0.05, 0.1) is 13.2 Å². The normalized spacial score (nSPS) is 11.7. The summed E-state index contributed by atoms with van der Waals surface area (Å²) in [6.07, 6.45) is 6.25. The van der Waals surface area contributed by atoms with Crippen molar-refractivity contribution in [1.29, 1.82) is 0 Å². The molecule has 4 aromatic heterocycles. The van der Waals surface area contributed by atoms with Crippen LogP contribution in [0.2, 0.25) is 0 Å². The van der Waals surface area contributed by atoms with Gasteiger partial charge < -0.3 is 18.6 Å². The molecule has 0 amide bonds. The van der Waals surface area contributed by atoms with Gasteiger partial charge in [-0.05, 0) is 30.7 Å². The topological polar surface area (TPSA) is 79.9 Å². The fourth-order valence-corrected chi connectivity index (χ4v) is 3.63. The first-order valence-corrected chi connectivity index (χ1v) is 9.90. The molecule has 0 unspecified atom stereocenters. The third-order valence-electron chi connectivity index (χ3n) is 5.00. The van der Waals surface area contributed by atoms with Gasteiger partial charge >= 0.3 is 0 Å². The first kappa shape index (κ1) is 19.5. The van der Waals surface area contributed by atoms with Crippen LogP contribution in [0.1, 0.15) is 18.1 Å². The molecule has 0 saturated heterocycles. The first-order valence-electron chi connectivity index (χ1n) is 9.90. The van der Waals surface area contributed by atoms with Crippen LogP contribution in [0, 0.1) is 0 Å². The van der Waals surface area contributed by atoms with E-state index in [1.54, 1.807) is 14.2 Å². The molecule has 0 aliphatic rings. The van der Waals surface area contributed by atoms with Gasteiger partial charge in [-0.2, -0.15) is 0 Å². The Balaban J connectivity index is 1.53. The van der Waals surface area contributed by atoms with E-state index in [1.165, 1.54) is 0 Å². The molecule has 4 aromatic rings. The molecule has 0 N–H and O–H groups in total. The van der Waals surface area contributed by atoms with Crippen LogP contribution in [0.3, 0.4) is 0 Å². The summed E-state index contributed by atoms with van der Waals surface area (Å²) in [4.78, 5) is 18.6. The van der Waals surface area contributed by atoms with E-state index < -0.39 is 0 Å². The van der Waals surface area contributed by atoms with E-state index in [0.29, 0.717) is 13.2 Å². The second kappa shape index (κ2) is 9.11. The second-order valence-electron chi connectivity index (χ2n) is 6.89. The molecule has 0 aliphatic carbocycles. The molecule has 29 heavy (non-hydrogen) atoms. The van der Waals surface area contributed by atoms with Gasteiger partial charge in [-0.25, -0.2) is 19.9 Å². The number of aryl methyl sites for hydroxylation is 2. The molecule has 0 saturated carbocycles. The zero-order chi connectivity index (χ0) is 20.1. The van der Waals surface area contributed by atoms with Gasteiger partial charge in [0.25, 0.3) is 0 Å². The van der Waals surface area contributed by atoms with Gasteiger partial charge in [-0.1, -0.05) is 0 Å². The highest BCUT2D eigenvalue weighted by Crippen LogP contribution is 2.18. The number of ether oxygens (including phenoxy) is 2. The van der Waals surface area contributed by atoms with E-state index in [9.17, 15) is 0 Å². The van der Waals surface area contributed by atoms with Crippen molar-refractivity contribution in [2.45, 2.75) is 32.4 Å². The minimum Gasteiger partial charge on any atom is -0.383 e. The van der Waals surface area contributed by atoms with E-state index in [1.807, 2.05) is 36.7 Å². The van der Waals surface area contributed by atoms with Gasteiger partial charge in [0.15, 0.2) is 11.3 Å². The average Bonchev–Trinajstić information content (AvgIpc) is 3.28. The number of pyridine rings is 2. The monoisotopic (exact) mass is 394 g/mol. The first-order chi connectivity index (χ1) is 14.3. The molecule has 4 heterocycles. The van der Waals surface area contributed by atoms with Crippen LogP contribution in [-0.4, -0.2) is 56.5 Å². The smallest absolute Gasteiger partial charge is 0.160 e. The Bertz CT molecular complexity index is 1000. The van der Waals surface area contributed by atoms with Crippen LogP contribution in [0.25, 0.3) is 22.3 Å². The van der Waals surface area contributed by atoms with Gasteiger partial charge in [-0.15, -0.1) is 0 Å². The highest BCUT2D eigenvalue weighted by molar-refractivity contribution is 5.71. The zero-order valence-electron chi connectivity index (χ0n) is 16.9. The Hall–Kier alpha value is -2.84. The van der Waals surface area contributed by atoms with Crippen molar-refractivity contribution in [1.82, 2.24) is 29.1 Å². The highest BCUT2D eigenvalue weighted by Gasteiger charge is 2.14. The van der Waals surface area contributed by atoms with Crippen molar-refractivity contribution < 1.29 is 9.47 Å². The summed E-state index contributed by atoms with van der Waals surface area (Å²) in [5, 5.41) is 0. The van der Waals surface area contributed by atoms with Gasteiger partial charge in [0.1, 0.15) is 22.7 Å². The van der Waals surface area contributed by atoms with Crippen molar-refractivity contribution in [2.75, 3.05) is 27.4 Å². The largest absolute Gasteiger partial charge is 0.383 e. The van der Waals surface area contributed by atoms with Crippen LogP contribution < -0.4 is 0 Å². The quantitative estimate of drug-likeness (QED) is 0.411. The maximum Gasteiger partial charge on any atom is 0.160 e. The van der Waals surface area contributed by atoms with Gasteiger partial charge in [-0.3, -0.25) is 0 Å². The van der Waals surface area contributed by atoms with Gasteiger partial charge in [0, 0.05) is 52.5 Å². The maximum absolute atomic E-state index is 5.27. The lowest BCUT2D eigenvalue weighted by atomic mass is 10.2. The molecule has 152 valence electrons. The summed E-state index contributed by atoms with van der Waals surface area (Å²) in [5.41, 5.74) is 3.68. The van der Waals surface area contributed by atoms with E-state index >= 15 is 0 Å². The van der Waals surface area contributed by atoms with Crippen molar-refractivity contribution in [3.05, 3.63) is 48.3 Å². The molecule has 0 radical (unpaired) electrons. The Morgan fingerprint density at radius 3 is 1.69 bits per heavy atom. The third-order valence-corrected chi connectivity index (χ3v) is 5.00. The predicted octanol–water partition coefficient (Wildman–Crippen LogP) is 2.64. The SMILES string of the molecule is COCCn1c(CCCc2nc3cccnc3n2CCOC)nc2cccnc21. The molecule has 0 aromatic carbocycles. The lowest BCUT2D eigenvalue weighted by molar-refractivity contribution is 0.187. The van der Waals surface area contributed by atoms with Crippen LogP contribution in [0.15, 0.2) is 36.7 Å². The predicted molar refractivity (Wildman–Crippen MR) is 111 cm³/mol. The second-order valence-corrected chi connectivity index (χ2v) is 6.89. The summed E-state index contributed by atoms with van der Waals surface area (Å²) in [5.74, 6) is 2.07. The highest BCUT2D eigenvalue weighted by atomic mass is 16.5. The Labute approximate surface area is 169 Å². The van der Waals surface area contributed by atoms with Crippen molar-refractivity contribution in [2.24, 2.45) is 0 Å². The standard InChI is InChI=1S/C21H26N6O2/c1-28-14-12-26-18(24-16-6-4-10-22-20(16)26)8-3-9-19-25-17-7-5-11-23-21(17)27(19)13-15-29-2/h4-7,10-11H,3,8-9,12-15H2,1-2H3. The molecule has 0 bridgehead atoms. The molecule has 4 rings (SSSR count). The Morgan fingerprint density at radius 2 is 1.24 bits per heavy atom. The number of fused-ring (bicyclic) bond motifs is 2. The fourth-order valence-electron chi connectivity index (χ4n) is 3.63. The van der Waals surface area contributed by atoms with Crippen molar-refractivity contribution in [3.8, 4) is 0 Å². The summed E-state index contributed by atoms with van der Waals surface area (Å²) in [7, 11) is 3.43. The third kappa shape index (κ3) is 4.13. The van der Waals surface area contributed by atoms with E-state index in [2.05, 4.69) is 19.1 Å². The number of methoxy groups -OCH3 is 2. The molecular weight excluding hydrogens is 368 g/mol. The minimum atomic E-state index is 0.632. The summed E-state index contributed by atoms with van der Waals surface area (Å²) in [6, 6.07) is 7.85. The van der Waals surface area contributed by atoms with E-state index in [0.717, 1.165) is 66.3 Å². The summed E-state index contributed by atoms with van der Waals surface area (Å²) >= 11 is 0. The molecular formula is C21H26N6O2. The minimum absolute atomic E-state index is 0.632. The number of hydrogen-bond acceptors (Lipinski definition) is 6. The van der Waals surface area contributed by atoms with Crippen molar-refractivity contribution in [3.63, 3.8) is 0 Å². The van der Waals surface area contributed by atoms with Gasteiger partial charge in [0.2, 0.25) is 0 Å². The number of aromatic nitrogens is 6. The maximum atomic E-state index is 5.27. The molecule has 0 fully saturated rings. The van der Waals surface area contributed by atoms with Crippen LogP contribution in [0.5, 0.6) is 0 Å². The zero-order valence-corrected chi connectivity index (χ0v) is 16.9. The summed E-state index contributed by atoms with van der Waals surface area (Å²) < 4.78 is 14.9. The number of hydrogen-bond donors (Lipinski definition) is 0. The molecule has 0 aliphatic heterocycles. The molecule has 0 spiro atoms. The fraction of sp³-hybridized carbons (Fsp3) is 0.429. The lowest BCUT2D eigenvalue weighted by Crippen LogP contribution is -2.11. The number of rotatable bonds is 10. The van der Waals surface area contributed by atoms with Crippen molar-refractivity contribution >= 4 is 22.3 Å². The Morgan fingerprint density at radius 1 is 0.759 bits per heavy atom. The summed E-state index contributed by atoms with van der Waals surface area (Å²) in [6.45, 7) is 2.76. The van der Waals surface area contributed by atoms with Crippen LogP contribution >= 0.6 is 0 Å². The van der Waals surface area contributed by atoms with E-state index in [-0.39, 0.29) is 0 Å². The van der Waals surface area contributed by atoms with E-state index in [4.69, 9.17) is 19.4 Å². The number of nitrogens with zero attached hydrogens (tertiary/aromatic N) is 6. The molecule has 0 atom stereocenters. The van der Waals surface area contributed by atoms with Crippen LogP contribution in [-0.2, 0) is 35.4 Å². The molecule has 8 nitrogen and oxygen atoms in total. The molecule has 8 heteroatoms.